The number of rotatable bonds is 4. The second-order valence-electron chi connectivity index (χ2n) is 4.95. The van der Waals surface area contributed by atoms with Crippen LogP contribution in [0, 0.1) is 17.0 Å². The third-order valence-electron chi connectivity index (χ3n) is 3.65. The molecule has 1 aromatic carbocycles. The molecule has 1 N–H and O–H groups in total. The molecule has 2 rings (SSSR count). The molecule has 1 atom stereocenters. The maximum Gasteiger partial charge on any atom is 0.159 e. The van der Waals surface area contributed by atoms with Crippen LogP contribution in [0.5, 0.6) is 0 Å². The molecule has 0 heterocycles. The zero-order chi connectivity index (χ0) is 11.8. The van der Waals surface area contributed by atoms with Crippen LogP contribution in [0.3, 0.4) is 0 Å². The Kier molecular flexibility index (Phi) is 2.98. The highest BCUT2D eigenvalue weighted by Crippen LogP contribution is 2.48. The first-order valence-corrected chi connectivity index (χ1v) is 5.66. The van der Waals surface area contributed by atoms with Gasteiger partial charge in [0.25, 0.3) is 0 Å². The zero-order valence-electron chi connectivity index (χ0n) is 9.69. The summed E-state index contributed by atoms with van der Waals surface area (Å²) >= 11 is 0. The molecule has 1 aliphatic rings. The van der Waals surface area contributed by atoms with Crippen LogP contribution in [0.1, 0.15) is 25.3 Å². The maximum atomic E-state index is 13.1. The number of likely N-dealkylation sites (N-methyl/N-ethyl adjacent to an activating group) is 1. The highest BCUT2D eigenvalue weighted by Gasteiger charge is 2.43. The van der Waals surface area contributed by atoms with Crippen molar-refractivity contribution in [3.8, 4) is 0 Å². The van der Waals surface area contributed by atoms with Crippen LogP contribution in [0.2, 0.25) is 0 Å². The van der Waals surface area contributed by atoms with Gasteiger partial charge in [-0.2, -0.15) is 0 Å². The zero-order valence-corrected chi connectivity index (χ0v) is 9.69. The molecule has 0 aliphatic heterocycles. The number of nitrogens with one attached hydrogen (secondary N) is 1. The van der Waals surface area contributed by atoms with Crippen LogP contribution < -0.4 is 5.32 Å². The van der Waals surface area contributed by atoms with E-state index in [9.17, 15) is 8.78 Å². The summed E-state index contributed by atoms with van der Waals surface area (Å²) in [5, 5.41) is 3.27. The fourth-order valence-electron chi connectivity index (χ4n) is 2.14. The predicted molar refractivity (Wildman–Crippen MR) is 60.3 cm³/mol. The van der Waals surface area contributed by atoms with Crippen molar-refractivity contribution >= 4 is 0 Å². The van der Waals surface area contributed by atoms with E-state index >= 15 is 0 Å². The third-order valence-corrected chi connectivity index (χ3v) is 3.65. The van der Waals surface area contributed by atoms with Crippen LogP contribution in [0.25, 0.3) is 0 Å². The van der Waals surface area contributed by atoms with E-state index in [1.165, 1.54) is 25.0 Å². The topological polar surface area (TPSA) is 12.0 Å². The molecule has 1 nitrogen and oxygen atoms in total. The van der Waals surface area contributed by atoms with Crippen LogP contribution in [-0.4, -0.2) is 13.1 Å². The van der Waals surface area contributed by atoms with Crippen molar-refractivity contribution in [3.63, 3.8) is 0 Å². The van der Waals surface area contributed by atoms with Crippen molar-refractivity contribution in [1.29, 1.82) is 0 Å². The van der Waals surface area contributed by atoms with Gasteiger partial charge < -0.3 is 5.32 Å². The molecular weight excluding hydrogens is 208 g/mol. The van der Waals surface area contributed by atoms with Crippen molar-refractivity contribution in [2.24, 2.45) is 5.41 Å². The normalized spacial score (nSPS) is 19.5. The lowest BCUT2D eigenvalue weighted by Crippen LogP contribution is -2.35. The van der Waals surface area contributed by atoms with Crippen molar-refractivity contribution in [2.45, 2.75) is 32.2 Å². The first-order chi connectivity index (χ1) is 7.55. The second kappa shape index (κ2) is 4.13. The van der Waals surface area contributed by atoms with E-state index in [2.05, 4.69) is 12.2 Å². The van der Waals surface area contributed by atoms with Crippen LogP contribution in [0.4, 0.5) is 8.78 Å². The summed E-state index contributed by atoms with van der Waals surface area (Å²) in [5.41, 5.74) is 1.19. The molecule has 1 aliphatic carbocycles. The summed E-state index contributed by atoms with van der Waals surface area (Å²) in [7, 11) is 1.92. The highest BCUT2D eigenvalue weighted by molar-refractivity contribution is 5.20. The summed E-state index contributed by atoms with van der Waals surface area (Å²) in [4.78, 5) is 0. The molecule has 3 heteroatoms. The van der Waals surface area contributed by atoms with Gasteiger partial charge in [0.15, 0.2) is 11.6 Å². The summed E-state index contributed by atoms with van der Waals surface area (Å²) in [5.74, 6) is -1.53. The van der Waals surface area contributed by atoms with Crippen LogP contribution >= 0.6 is 0 Å². The standard InChI is InChI=1S/C13H17F2N/c1-13(5-6-13)12(16-2)8-9-3-4-10(14)11(15)7-9/h3-4,7,12,16H,5-6,8H2,1-2H3. The van der Waals surface area contributed by atoms with Gasteiger partial charge in [0.2, 0.25) is 0 Å². The molecule has 0 saturated heterocycles. The fraction of sp³-hybridized carbons (Fsp3) is 0.538. The predicted octanol–water partition coefficient (Wildman–Crippen LogP) is 2.90. The molecule has 1 unspecified atom stereocenters. The Balaban J connectivity index is 2.10. The van der Waals surface area contributed by atoms with Gasteiger partial charge in [0.1, 0.15) is 0 Å². The fourth-order valence-corrected chi connectivity index (χ4v) is 2.14. The van der Waals surface area contributed by atoms with Gasteiger partial charge in [-0.15, -0.1) is 0 Å². The Morgan fingerprint density at radius 2 is 2.00 bits per heavy atom. The Morgan fingerprint density at radius 1 is 1.31 bits per heavy atom. The van der Waals surface area contributed by atoms with Gasteiger partial charge in [0.05, 0.1) is 0 Å². The molecule has 0 amide bonds. The molecule has 0 bridgehead atoms. The Hall–Kier alpha value is -0.960. The Labute approximate surface area is 94.9 Å². The lowest BCUT2D eigenvalue weighted by Gasteiger charge is -2.23. The van der Waals surface area contributed by atoms with Crippen LogP contribution in [0.15, 0.2) is 18.2 Å². The minimum absolute atomic E-state index is 0.333. The van der Waals surface area contributed by atoms with Gasteiger partial charge in [-0.25, -0.2) is 8.78 Å². The van der Waals surface area contributed by atoms with Crippen LogP contribution in [-0.2, 0) is 6.42 Å². The average molecular weight is 225 g/mol. The SMILES string of the molecule is CNC(Cc1ccc(F)c(F)c1)C1(C)CC1. The summed E-state index contributed by atoms with van der Waals surface area (Å²) in [6.07, 6.45) is 3.18. The number of hydrogen-bond donors (Lipinski definition) is 1. The van der Waals surface area contributed by atoms with Gasteiger partial charge in [-0.1, -0.05) is 13.0 Å². The lowest BCUT2D eigenvalue weighted by molar-refractivity contribution is 0.375. The second-order valence-corrected chi connectivity index (χ2v) is 4.95. The average Bonchev–Trinajstić information content (AvgIpc) is 2.99. The minimum Gasteiger partial charge on any atom is -0.316 e. The van der Waals surface area contributed by atoms with Crippen molar-refractivity contribution < 1.29 is 8.78 Å². The van der Waals surface area contributed by atoms with E-state index in [1.54, 1.807) is 6.07 Å². The Bertz CT molecular complexity index is 386. The monoisotopic (exact) mass is 225 g/mol. The maximum absolute atomic E-state index is 13.1. The van der Waals surface area contributed by atoms with Crippen molar-refractivity contribution in [1.82, 2.24) is 5.32 Å². The molecule has 0 radical (unpaired) electrons. The van der Waals surface area contributed by atoms with Gasteiger partial charge in [-0.05, 0) is 49.4 Å². The molecule has 88 valence electrons. The van der Waals surface area contributed by atoms with E-state index in [0.717, 1.165) is 12.0 Å². The van der Waals surface area contributed by atoms with Gasteiger partial charge in [0, 0.05) is 6.04 Å². The minimum atomic E-state index is -0.776. The molecule has 1 aromatic rings. The summed E-state index contributed by atoms with van der Waals surface area (Å²) in [6.45, 7) is 2.23. The van der Waals surface area contributed by atoms with Gasteiger partial charge >= 0.3 is 0 Å². The number of benzene rings is 1. The van der Waals surface area contributed by atoms with Gasteiger partial charge in [-0.3, -0.25) is 0 Å². The van der Waals surface area contributed by atoms with E-state index in [0.29, 0.717) is 11.5 Å². The first-order valence-electron chi connectivity index (χ1n) is 5.66. The quantitative estimate of drug-likeness (QED) is 0.830. The third kappa shape index (κ3) is 2.24. The molecule has 0 spiro atoms. The molecular formula is C13H17F2N. The largest absolute Gasteiger partial charge is 0.316 e. The molecule has 0 aromatic heterocycles. The summed E-state index contributed by atoms with van der Waals surface area (Å²) < 4.78 is 25.8. The lowest BCUT2D eigenvalue weighted by atomic mass is 9.92. The van der Waals surface area contributed by atoms with Crippen molar-refractivity contribution in [2.75, 3.05) is 7.05 Å². The number of hydrogen-bond acceptors (Lipinski definition) is 1. The molecule has 1 fully saturated rings. The molecule has 16 heavy (non-hydrogen) atoms. The number of halogens is 2. The van der Waals surface area contributed by atoms with Crippen molar-refractivity contribution in [3.05, 3.63) is 35.4 Å². The Morgan fingerprint density at radius 3 is 2.50 bits per heavy atom. The van der Waals surface area contributed by atoms with E-state index in [-0.39, 0.29) is 0 Å². The van der Waals surface area contributed by atoms with E-state index in [1.807, 2.05) is 7.05 Å². The smallest absolute Gasteiger partial charge is 0.159 e. The summed E-state index contributed by atoms with van der Waals surface area (Å²) in [6, 6.07) is 4.50. The first kappa shape index (κ1) is 11.5. The highest BCUT2D eigenvalue weighted by atomic mass is 19.2. The van der Waals surface area contributed by atoms with E-state index < -0.39 is 11.6 Å². The van der Waals surface area contributed by atoms with E-state index in [4.69, 9.17) is 0 Å². The molecule has 1 saturated carbocycles.